The molecule has 1 aromatic heterocycles. The van der Waals surface area contributed by atoms with E-state index in [0.717, 1.165) is 13.1 Å². The Morgan fingerprint density at radius 1 is 1.14 bits per heavy atom. The lowest BCUT2D eigenvalue weighted by Gasteiger charge is -2.32. The first-order valence-electron chi connectivity index (χ1n) is 10.1. The van der Waals surface area contributed by atoms with Gasteiger partial charge in [-0.3, -0.25) is 14.4 Å². The van der Waals surface area contributed by atoms with Crippen LogP contribution in [0.25, 0.3) is 10.8 Å². The van der Waals surface area contributed by atoms with Gasteiger partial charge >= 0.3 is 0 Å². The topological polar surface area (TPSA) is 80.0 Å². The molecule has 0 bridgehead atoms. The molecule has 29 heavy (non-hydrogen) atoms. The van der Waals surface area contributed by atoms with Crippen LogP contribution in [0.1, 0.15) is 24.3 Å². The van der Waals surface area contributed by atoms with Gasteiger partial charge in [0.1, 0.15) is 0 Å². The molecule has 8 heteroatoms. The van der Waals surface area contributed by atoms with E-state index in [1.54, 1.807) is 36.0 Å². The quantitative estimate of drug-likeness (QED) is 0.733. The van der Waals surface area contributed by atoms with Gasteiger partial charge < -0.3 is 14.7 Å². The van der Waals surface area contributed by atoms with Crippen LogP contribution in [0.3, 0.4) is 0 Å². The maximum Gasteiger partial charge on any atom is 0.277 e. The number of carbonyl (C=O) groups is 2. The summed E-state index contributed by atoms with van der Waals surface area (Å²) in [5.41, 5.74) is 0.163. The predicted octanol–water partition coefficient (Wildman–Crippen LogP) is -0.519. The molecule has 8 nitrogen and oxygen atoms in total. The Bertz CT molecular complexity index is 958. The van der Waals surface area contributed by atoms with E-state index in [0.29, 0.717) is 42.6 Å². The fraction of sp³-hybridized carbons (Fsp3) is 0.524. The summed E-state index contributed by atoms with van der Waals surface area (Å²) >= 11 is 0. The summed E-state index contributed by atoms with van der Waals surface area (Å²) in [6.07, 6.45) is 0. The number of aromatic nitrogens is 2. The van der Waals surface area contributed by atoms with Crippen LogP contribution in [0, 0.1) is 5.92 Å². The second-order valence-corrected chi connectivity index (χ2v) is 8.28. The molecule has 2 heterocycles. The molecule has 1 aromatic carbocycles. The van der Waals surface area contributed by atoms with Crippen molar-refractivity contribution in [2.45, 2.75) is 20.4 Å². The number of fused-ring (bicyclic) bond motifs is 1. The van der Waals surface area contributed by atoms with Gasteiger partial charge in [-0.2, -0.15) is 5.10 Å². The Balaban J connectivity index is 1.83. The van der Waals surface area contributed by atoms with Crippen LogP contribution in [0.15, 0.2) is 29.1 Å². The minimum Gasteiger partial charge on any atom is -0.344 e. The van der Waals surface area contributed by atoms with Gasteiger partial charge in [0, 0.05) is 26.0 Å². The number of benzene rings is 1. The molecule has 3 rings (SSSR count). The van der Waals surface area contributed by atoms with Crippen molar-refractivity contribution >= 4 is 22.6 Å². The molecule has 0 saturated carbocycles. The Morgan fingerprint density at radius 3 is 2.34 bits per heavy atom. The third kappa shape index (κ3) is 4.64. The Hall–Kier alpha value is -2.74. The number of nitrogens with one attached hydrogen (secondary N) is 1. The molecular weight excluding hydrogens is 370 g/mol. The van der Waals surface area contributed by atoms with Gasteiger partial charge in [-0.1, -0.05) is 32.0 Å². The summed E-state index contributed by atoms with van der Waals surface area (Å²) in [7, 11) is 3.51. The van der Waals surface area contributed by atoms with Crippen LogP contribution in [0.5, 0.6) is 0 Å². The van der Waals surface area contributed by atoms with Gasteiger partial charge in [-0.05, 0) is 12.0 Å². The zero-order chi connectivity index (χ0) is 21.1. The molecule has 1 aliphatic heterocycles. The normalized spacial score (nSPS) is 15.1. The summed E-state index contributed by atoms with van der Waals surface area (Å²) < 4.78 is 1.41. The van der Waals surface area contributed by atoms with E-state index in [2.05, 4.69) is 5.10 Å². The third-order valence-corrected chi connectivity index (χ3v) is 5.27. The number of quaternary nitrogens is 1. The van der Waals surface area contributed by atoms with Crippen LogP contribution in [-0.4, -0.2) is 78.2 Å². The van der Waals surface area contributed by atoms with Crippen LogP contribution >= 0.6 is 0 Å². The van der Waals surface area contributed by atoms with E-state index in [1.807, 2.05) is 26.0 Å². The molecule has 2 amide bonds. The zero-order valence-electron chi connectivity index (χ0n) is 17.6. The fourth-order valence-corrected chi connectivity index (χ4v) is 3.59. The summed E-state index contributed by atoms with van der Waals surface area (Å²) in [6.45, 7) is 7.50. The second-order valence-electron chi connectivity index (χ2n) is 8.28. The summed E-state index contributed by atoms with van der Waals surface area (Å²) in [5.74, 6) is 0.176. The smallest absolute Gasteiger partial charge is 0.277 e. The minimum absolute atomic E-state index is 0.0909. The molecule has 1 N–H and O–H groups in total. The van der Waals surface area contributed by atoms with Crippen molar-refractivity contribution in [3.05, 3.63) is 40.3 Å². The zero-order valence-corrected chi connectivity index (χ0v) is 17.6. The molecule has 0 spiro atoms. The molecule has 0 aliphatic carbocycles. The summed E-state index contributed by atoms with van der Waals surface area (Å²) in [6, 6.07) is 7.17. The second kappa shape index (κ2) is 8.73. The molecule has 0 radical (unpaired) electrons. The first-order chi connectivity index (χ1) is 13.8. The van der Waals surface area contributed by atoms with E-state index < -0.39 is 0 Å². The van der Waals surface area contributed by atoms with Gasteiger partial charge in [0.2, 0.25) is 0 Å². The number of rotatable bonds is 5. The van der Waals surface area contributed by atoms with E-state index in [1.165, 1.54) is 9.58 Å². The highest BCUT2D eigenvalue weighted by molar-refractivity contribution is 6.04. The maximum absolute atomic E-state index is 13.3. The molecule has 156 valence electrons. The molecule has 1 aliphatic rings. The number of hydrogen-bond donors (Lipinski definition) is 1. The summed E-state index contributed by atoms with van der Waals surface area (Å²) in [4.78, 5) is 42.5. The van der Waals surface area contributed by atoms with Crippen molar-refractivity contribution in [3.63, 3.8) is 0 Å². The van der Waals surface area contributed by atoms with Crippen molar-refractivity contribution in [2.24, 2.45) is 5.92 Å². The minimum atomic E-state index is -0.165. The Labute approximate surface area is 170 Å². The molecule has 2 aromatic rings. The number of nitrogens with zero attached hydrogens (tertiary/aromatic N) is 4. The van der Waals surface area contributed by atoms with Gasteiger partial charge in [0.25, 0.3) is 17.4 Å². The van der Waals surface area contributed by atoms with Crippen molar-refractivity contribution < 1.29 is 14.5 Å². The number of hydrogen-bond acceptors (Lipinski definition) is 4. The van der Waals surface area contributed by atoms with E-state index in [-0.39, 0.29) is 23.3 Å². The lowest BCUT2D eigenvalue weighted by molar-refractivity contribution is -0.896. The fourth-order valence-electron chi connectivity index (χ4n) is 3.59. The van der Waals surface area contributed by atoms with Crippen molar-refractivity contribution in [1.29, 1.82) is 0 Å². The molecular formula is C21H30N5O3+. The maximum atomic E-state index is 13.3. The van der Waals surface area contributed by atoms with E-state index in [9.17, 15) is 14.4 Å². The monoisotopic (exact) mass is 400 g/mol. The highest BCUT2D eigenvalue weighted by atomic mass is 16.2. The van der Waals surface area contributed by atoms with Crippen LogP contribution in [0.4, 0.5) is 0 Å². The van der Waals surface area contributed by atoms with Crippen molar-refractivity contribution in [3.8, 4) is 0 Å². The average Bonchev–Trinajstić information content (AvgIpc) is 2.70. The van der Waals surface area contributed by atoms with E-state index >= 15 is 0 Å². The third-order valence-electron chi connectivity index (χ3n) is 5.27. The number of piperazine rings is 1. The highest BCUT2D eigenvalue weighted by Crippen LogP contribution is 2.16. The molecule has 1 saturated heterocycles. The van der Waals surface area contributed by atoms with Crippen molar-refractivity contribution in [1.82, 2.24) is 19.6 Å². The highest BCUT2D eigenvalue weighted by Gasteiger charge is 2.28. The standard InChI is InChI=1S/C21H29N5O3/c1-15(2)13-26-20(28)17-8-6-5-7-16(17)19(22-26)21(29)25-11-9-24(10-12-25)14-18(27)23(3)4/h5-8,15H,9-14H2,1-4H3/p+1. The summed E-state index contributed by atoms with van der Waals surface area (Å²) in [5, 5.41) is 5.57. The van der Waals surface area contributed by atoms with Gasteiger partial charge in [0.05, 0.1) is 31.6 Å². The first-order valence-corrected chi connectivity index (χ1v) is 10.1. The van der Waals surface area contributed by atoms with Gasteiger partial charge in [-0.25, -0.2) is 4.68 Å². The molecule has 1 fully saturated rings. The SMILES string of the molecule is CC(C)Cn1nc(C(=O)N2CC[NH+](CC(=O)N(C)C)CC2)c2ccccc2c1=O. The van der Waals surface area contributed by atoms with Crippen LogP contribution in [-0.2, 0) is 11.3 Å². The number of amides is 2. The Morgan fingerprint density at radius 2 is 1.76 bits per heavy atom. The van der Waals surface area contributed by atoms with Crippen LogP contribution < -0.4 is 10.5 Å². The lowest BCUT2D eigenvalue weighted by Crippen LogP contribution is -3.15. The van der Waals surface area contributed by atoms with Gasteiger partial charge in [0.15, 0.2) is 12.2 Å². The lowest BCUT2D eigenvalue weighted by atomic mass is 10.1. The van der Waals surface area contributed by atoms with Crippen molar-refractivity contribution in [2.75, 3.05) is 46.8 Å². The van der Waals surface area contributed by atoms with E-state index in [4.69, 9.17) is 0 Å². The number of likely N-dealkylation sites (N-methyl/N-ethyl adjacent to an activating group) is 1. The number of carbonyl (C=O) groups excluding carboxylic acids is 2. The Kier molecular flexibility index (Phi) is 6.32. The first kappa shape index (κ1) is 21.0. The largest absolute Gasteiger partial charge is 0.344 e. The average molecular weight is 401 g/mol. The predicted molar refractivity (Wildman–Crippen MR) is 111 cm³/mol. The molecule has 0 unspecified atom stereocenters. The molecule has 0 atom stereocenters. The van der Waals surface area contributed by atoms with Gasteiger partial charge in [-0.15, -0.1) is 0 Å². The van der Waals surface area contributed by atoms with Crippen LogP contribution in [0.2, 0.25) is 0 Å².